The molecular formula is C18H39N. The van der Waals surface area contributed by atoms with Crippen LogP contribution in [0.2, 0.25) is 0 Å². The monoisotopic (exact) mass is 269 g/mol. The van der Waals surface area contributed by atoms with Crippen LogP contribution in [0.25, 0.3) is 0 Å². The van der Waals surface area contributed by atoms with Gasteiger partial charge in [-0.2, -0.15) is 0 Å². The van der Waals surface area contributed by atoms with Crippen LogP contribution in [0.15, 0.2) is 0 Å². The zero-order valence-corrected chi connectivity index (χ0v) is 14.1. The Morgan fingerprint density at radius 3 is 1.58 bits per heavy atom. The Labute approximate surface area is 122 Å². The van der Waals surface area contributed by atoms with Crippen molar-refractivity contribution in [3.05, 3.63) is 0 Å². The third-order valence-corrected chi connectivity index (χ3v) is 4.96. The van der Waals surface area contributed by atoms with Crippen LogP contribution >= 0.6 is 0 Å². The van der Waals surface area contributed by atoms with Crippen LogP contribution in [0.1, 0.15) is 98.3 Å². The maximum atomic E-state index is 5.93. The maximum Gasteiger partial charge on any atom is -0.00207 e. The second-order valence-corrected chi connectivity index (χ2v) is 6.94. The Bertz CT molecular complexity index is 188. The molecule has 0 aromatic heterocycles. The molecule has 0 saturated heterocycles. The normalized spacial score (nSPS) is 14.8. The summed E-state index contributed by atoms with van der Waals surface area (Å²) in [6.07, 6.45) is 15.5. The number of unbranched alkanes of at least 4 members (excludes halogenated alkanes) is 9. The highest BCUT2D eigenvalue weighted by Gasteiger charge is 2.25. The van der Waals surface area contributed by atoms with Crippen LogP contribution in [-0.2, 0) is 0 Å². The van der Waals surface area contributed by atoms with Gasteiger partial charge in [0.05, 0.1) is 0 Å². The predicted molar refractivity (Wildman–Crippen MR) is 88.5 cm³/mol. The highest BCUT2D eigenvalue weighted by molar-refractivity contribution is 4.78. The number of hydrogen-bond donors (Lipinski definition) is 1. The molecule has 0 aliphatic rings. The van der Waals surface area contributed by atoms with Gasteiger partial charge in [-0.1, -0.05) is 91.9 Å². The van der Waals surface area contributed by atoms with Gasteiger partial charge in [0.15, 0.2) is 0 Å². The Kier molecular flexibility index (Phi) is 11.7. The molecule has 1 unspecified atom stereocenters. The van der Waals surface area contributed by atoms with Crippen LogP contribution in [0.3, 0.4) is 0 Å². The van der Waals surface area contributed by atoms with Crippen molar-refractivity contribution in [3.63, 3.8) is 0 Å². The summed E-state index contributed by atoms with van der Waals surface area (Å²) >= 11 is 0. The van der Waals surface area contributed by atoms with Crippen molar-refractivity contribution in [2.45, 2.75) is 98.3 Å². The van der Waals surface area contributed by atoms with Gasteiger partial charge in [-0.3, -0.25) is 0 Å². The van der Waals surface area contributed by atoms with Crippen molar-refractivity contribution >= 4 is 0 Å². The molecule has 0 saturated carbocycles. The molecule has 0 aliphatic heterocycles. The minimum atomic E-state index is 0.361. The molecule has 19 heavy (non-hydrogen) atoms. The van der Waals surface area contributed by atoms with Gasteiger partial charge >= 0.3 is 0 Å². The maximum absolute atomic E-state index is 5.93. The summed E-state index contributed by atoms with van der Waals surface area (Å²) in [6, 6.07) is 0. The first-order valence-electron chi connectivity index (χ1n) is 8.77. The van der Waals surface area contributed by atoms with E-state index in [0.29, 0.717) is 11.3 Å². The minimum Gasteiger partial charge on any atom is -0.330 e. The highest BCUT2D eigenvalue weighted by Crippen LogP contribution is 2.31. The highest BCUT2D eigenvalue weighted by atomic mass is 14.6. The van der Waals surface area contributed by atoms with Crippen molar-refractivity contribution in [2.24, 2.45) is 17.1 Å². The molecule has 1 nitrogen and oxygen atoms in total. The summed E-state index contributed by atoms with van der Waals surface area (Å²) in [5.74, 6) is 0.705. The van der Waals surface area contributed by atoms with E-state index in [0.717, 1.165) is 6.54 Å². The quantitative estimate of drug-likeness (QED) is 0.413. The van der Waals surface area contributed by atoms with E-state index in [2.05, 4.69) is 27.7 Å². The van der Waals surface area contributed by atoms with Crippen molar-refractivity contribution in [3.8, 4) is 0 Å². The zero-order valence-electron chi connectivity index (χ0n) is 14.1. The third kappa shape index (κ3) is 9.49. The third-order valence-electron chi connectivity index (χ3n) is 4.96. The van der Waals surface area contributed by atoms with Gasteiger partial charge in [0, 0.05) is 0 Å². The van der Waals surface area contributed by atoms with Crippen LogP contribution in [-0.4, -0.2) is 6.54 Å². The summed E-state index contributed by atoms with van der Waals surface area (Å²) in [6.45, 7) is 10.1. The number of hydrogen-bond acceptors (Lipinski definition) is 1. The minimum absolute atomic E-state index is 0.361. The SMILES string of the molecule is CCCCCCCCCCCCC(C)(CN)C(C)C. The molecule has 116 valence electrons. The summed E-state index contributed by atoms with van der Waals surface area (Å²) < 4.78 is 0. The van der Waals surface area contributed by atoms with E-state index in [1.807, 2.05) is 0 Å². The second-order valence-electron chi connectivity index (χ2n) is 6.94. The summed E-state index contributed by atoms with van der Waals surface area (Å²) in [5, 5.41) is 0. The largest absolute Gasteiger partial charge is 0.330 e. The van der Waals surface area contributed by atoms with E-state index < -0.39 is 0 Å². The first-order chi connectivity index (χ1) is 9.06. The van der Waals surface area contributed by atoms with Gasteiger partial charge in [0.1, 0.15) is 0 Å². The first-order valence-corrected chi connectivity index (χ1v) is 8.77. The molecule has 0 heterocycles. The molecule has 0 rings (SSSR count). The number of rotatable bonds is 13. The lowest BCUT2D eigenvalue weighted by Crippen LogP contribution is -2.32. The van der Waals surface area contributed by atoms with E-state index in [1.54, 1.807) is 0 Å². The molecular weight excluding hydrogens is 230 g/mol. The van der Waals surface area contributed by atoms with Crippen LogP contribution in [0.5, 0.6) is 0 Å². The second kappa shape index (κ2) is 11.8. The van der Waals surface area contributed by atoms with E-state index in [-0.39, 0.29) is 0 Å². The summed E-state index contributed by atoms with van der Waals surface area (Å²) in [7, 11) is 0. The summed E-state index contributed by atoms with van der Waals surface area (Å²) in [4.78, 5) is 0. The molecule has 2 N–H and O–H groups in total. The van der Waals surface area contributed by atoms with Gasteiger partial charge in [-0.25, -0.2) is 0 Å². The lowest BCUT2D eigenvalue weighted by atomic mass is 9.75. The lowest BCUT2D eigenvalue weighted by Gasteiger charge is -2.32. The van der Waals surface area contributed by atoms with Gasteiger partial charge < -0.3 is 5.73 Å². The fourth-order valence-corrected chi connectivity index (χ4v) is 2.64. The van der Waals surface area contributed by atoms with Gasteiger partial charge in [-0.05, 0) is 24.3 Å². The van der Waals surface area contributed by atoms with Gasteiger partial charge in [0.25, 0.3) is 0 Å². The van der Waals surface area contributed by atoms with Gasteiger partial charge in [0.2, 0.25) is 0 Å². The van der Waals surface area contributed by atoms with E-state index in [1.165, 1.54) is 70.6 Å². The van der Waals surface area contributed by atoms with Crippen molar-refractivity contribution in [2.75, 3.05) is 6.54 Å². The Balaban J connectivity index is 3.35. The molecule has 0 aromatic carbocycles. The van der Waals surface area contributed by atoms with Crippen LogP contribution in [0.4, 0.5) is 0 Å². The Hall–Kier alpha value is -0.0400. The average Bonchev–Trinajstić information content (AvgIpc) is 2.40. The van der Waals surface area contributed by atoms with Crippen LogP contribution < -0.4 is 5.73 Å². The molecule has 0 aliphatic carbocycles. The molecule has 1 atom stereocenters. The molecule has 0 radical (unpaired) electrons. The number of nitrogens with two attached hydrogens (primary N) is 1. The Morgan fingerprint density at radius 2 is 1.21 bits per heavy atom. The molecule has 0 bridgehead atoms. The molecule has 0 fully saturated rings. The zero-order chi connectivity index (χ0) is 14.6. The molecule has 0 amide bonds. The topological polar surface area (TPSA) is 26.0 Å². The fraction of sp³-hybridized carbons (Fsp3) is 1.00. The van der Waals surface area contributed by atoms with Gasteiger partial charge in [-0.15, -0.1) is 0 Å². The van der Waals surface area contributed by atoms with E-state index in [4.69, 9.17) is 5.73 Å². The average molecular weight is 270 g/mol. The Morgan fingerprint density at radius 1 is 0.789 bits per heavy atom. The summed E-state index contributed by atoms with van der Waals surface area (Å²) in [5.41, 5.74) is 6.29. The van der Waals surface area contributed by atoms with Crippen molar-refractivity contribution in [1.82, 2.24) is 0 Å². The standard InChI is InChI=1S/C18H39N/c1-5-6-7-8-9-10-11-12-13-14-15-18(4,16-19)17(2)3/h17H,5-16,19H2,1-4H3. The smallest absolute Gasteiger partial charge is 0.00207 e. The van der Waals surface area contributed by atoms with E-state index >= 15 is 0 Å². The lowest BCUT2D eigenvalue weighted by molar-refractivity contribution is 0.202. The predicted octanol–water partition coefficient (Wildman–Crippen LogP) is 5.92. The van der Waals surface area contributed by atoms with Crippen molar-refractivity contribution < 1.29 is 0 Å². The van der Waals surface area contributed by atoms with Crippen LogP contribution in [0, 0.1) is 11.3 Å². The molecule has 1 heteroatoms. The fourth-order valence-electron chi connectivity index (χ4n) is 2.64. The first kappa shape index (κ1) is 19.0. The van der Waals surface area contributed by atoms with E-state index in [9.17, 15) is 0 Å². The molecule has 0 spiro atoms. The van der Waals surface area contributed by atoms with Crippen molar-refractivity contribution in [1.29, 1.82) is 0 Å². The molecule has 0 aromatic rings.